The van der Waals surface area contributed by atoms with Gasteiger partial charge in [0, 0.05) is 32.1 Å². The summed E-state index contributed by atoms with van der Waals surface area (Å²) in [7, 11) is 0. The van der Waals surface area contributed by atoms with Gasteiger partial charge in [0.15, 0.2) is 0 Å². The minimum atomic E-state index is 0.170. The number of piperidine rings is 2. The van der Waals surface area contributed by atoms with Crippen molar-refractivity contribution in [3.63, 3.8) is 0 Å². The Morgan fingerprint density at radius 3 is 2.27 bits per heavy atom. The molecule has 142 valence electrons. The smallest absolute Gasteiger partial charge is 0.264 e. The lowest BCUT2D eigenvalue weighted by atomic mass is 9.98. The van der Waals surface area contributed by atoms with Gasteiger partial charge in [-0.05, 0) is 62.5 Å². The van der Waals surface area contributed by atoms with Crippen LogP contribution in [0.4, 0.5) is 0 Å². The quantitative estimate of drug-likeness (QED) is 0.814. The zero-order valence-corrected chi connectivity index (χ0v) is 16.5. The number of aryl methyl sites for hydroxylation is 1. The Hall–Kier alpha value is -1.40. The van der Waals surface area contributed by atoms with Crippen molar-refractivity contribution in [1.82, 2.24) is 9.80 Å². The molecule has 1 aromatic heterocycles. The fourth-order valence-electron chi connectivity index (χ4n) is 4.95. The second-order valence-electron chi connectivity index (χ2n) is 7.97. The minimum absolute atomic E-state index is 0.170. The molecule has 0 N–H and O–H groups in total. The molecule has 3 aliphatic heterocycles. The third-order valence-electron chi connectivity index (χ3n) is 6.22. The molecule has 0 spiro atoms. The first kappa shape index (κ1) is 18.0. The number of ether oxygens (including phenoxy) is 1. The van der Waals surface area contributed by atoms with Crippen LogP contribution in [0.5, 0.6) is 0 Å². The van der Waals surface area contributed by atoms with E-state index in [9.17, 15) is 9.59 Å². The van der Waals surface area contributed by atoms with Gasteiger partial charge in [0.25, 0.3) is 5.91 Å². The molecule has 2 bridgehead atoms. The summed E-state index contributed by atoms with van der Waals surface area (Å²) in [5.41, 5.74) is 1.08. The SMILES string of the molecule is CC(=O)N1[C@@H]2CC[C@H]1CC(OC1CCN(C(=O)c3sccc3C)CC1)C2. The third-order valence-corrected chi connectivity index (χ3v) is 7.23. The molecule has 0 saturated carbocycles. The third kappa shape index (κ3) is 3.41. The van der Waals surface area contributed by atoms with Gasteiger partial charge in [-0.2, -0.15) is 0 Å². The number of carbonyl (C=O) groups excluding carboxylic acids is 2. The van der Waals surface area contributed by atoms with E-state index >= 15 is 0 Å². The van der Waals surface area contributed by atoms with Gasteiger partial charge in [-0.15, -0.1) is 11.3 Å². The van der Waals surface area contributed by atoms with Gasteiger partial charge in [-0.3, -0.25) is 9.59 Å². The first-order valence-corrected chi connectivity index (χ1v) is 10.7. The Balaban J connectivity index is 1.28. The maximum absolute atomic E-state index is 12.6. The molecule has 4 heterocycles. The molecule has 1 unspecified atom stereocenters. The number of hydrogen-bond donors (Lipinski definition) is 0. The van der Waals surface area contributed by atoms with Crippen LogP contribution in [0.2, 0.25) is 0 Å². The van der Waals surface area contributed by atoms with Crippen LogP contribution in [0.15, 0.2) is 11.4 Å². The van der Waals surface area contributed by atoms with Crippen LogP contribution >= 0.6 is 11.3 Å². The topological polar surface area (TPSA) is 49.9 Å². The molecule has 3 saturated heterocycles. The maximum atomic E-state index is 12.6. The lowest BCUT2D eigenvalue weighted by Crippen LogP contribution is -2.49. The van der Waals surface area contributed by atoms with Crippen LogP contribution in [-0.4, -0.2) is 59.0 Å². The van der Waals surface area contributed by atoms with E-state index in [2.05, 4.69) is 4.90 Å². The Labute approximate surface area is 159 Å². The highest BCUT2D eigenvalue weighted by atomic mass is 32.1. The van der Waals surface area contributed by atoms with Crippen molar-refractivity contribution < 1.29 is 14.3 Å². The maximum Gasteiger partial charge on any atom is 0.264 e. The summed E-state index contributed by atoms with van der Waals surface area (Å²) in [6, 6.07) is 2.76. The van der Waals surface area contributed by atoms with Crippen molar-refractivity contribution >= 4 is 23.2 Å². The number of carbonyl (C=O) groups is 2. The van der Waals surface area contributed by atoms with E-state index < -0.39 is 0 Å². The molecule has 4 rings (SSSR count). The number of fused-ring (bicyclic) bond motifs is 2. The molecule has 0 radical (unpaired) electrons. The van der Waals surface area contributed by atoms with Gasteiger partial charge in [-0.25, -0.2) is 0 Å². The molecule has 0 aliphatic carbocycles. The average Bonchev–Trinajstić information content (AvgIpc) is 3.16. The van der Waals surface area contributed by atoms with Crippen molar-refractivity contribution in [2.45, 2.75) is 76.7 Å². The fourth-order valence-corrected chi connectivity index (χ4v) is 5.85. The lowest BCUT2D eigenvalue weighted by Gasteiger charge is -2.41. The van der Waals surface area contributed by atoms with E-state index in [0.29, 0.717) is 12.1 Å². The molecule has 1 aromatic rings. The van der Waals surface area contributed by atoms with Crippen molar-refractivity contribution in [2.75, 3.05) is 13.1 Å². The van der Waals surface area contributed by atoms with Gasteiger partial charge in [0.05, 0.1) is 17.1 Å². The Kier molecular flexibility index (Phi) is 5.06. The van der Waals surface area contributed by atoms with Crippen LogP contribution in [0.1, 0.15) is 60.7 Å². The first-order chi connectivity index (χ1) is 12.5. The van der Waals surface area contributed by atoms with E-state index in [1.165, 1.54) is 11.3 Å². The summed E-state index contributed by atoms with van der Waals surface area (Å²) in [4.78, 5) is 29.4. The van der Waals surface area contributed by atoms with Crippen molar-refractivity contribution in [1.29, 1.82) is 0 Å². The van der Waals surface area contributed by atoms with Gasteiger partial charge >= 0.3 is 0 Å². The summed E-state index contributed by atoms with van der Waals surface area (Å²) < 4.78 is 6.41. The summed E-state index contributed by atoms with van der Waals surface area (Å²) in [5.74, 6) is 0.385. The van der Waals surface area contributed by atoms with Crippen molar-refractivity contribution in [2.24, 2.45) is 0 Å². The molecule has 0 aromatic carbocycles. The molecule has 3 atom stereocenters. The van der Waals surface area contributed by atoms with Crippen molar-refractivity contribution in [3.8, 4) is 0 Å². The summed E-state index contributed by atoms with van der Waals surface area (Å²) in [5, 5.41) is 1.99. The second-order valence-corrected chi connectivity index (χ2v) is 8.88. The van der Waals surface area contributed by atoms with Gasteiger partial charge in [0.1, 0.15) is 0 Å². The van der Waals surface area contributed by atoms with Crippen LogP contribution < -0.4 is 0 Å². The molecule has 26 heavy (non-hydrogen) atoms. The van der Waals surface area contributed by atoms with Gasteiger partial charge in [0.2, 0.25) is 5.91 Å². The Bertz CT molecular complexity index is 666. The summed E-state index contributed by atoms with van der Waals surface area (Å²) in [6.07, 6.45) is 6.55. The van der Waals surface area contributed by atoms with E-state index in [4.69, 9.17) is 4.74 Å². The highest BCUT2D eigenvalue weighted by molar-refractivity contribution is 7.12. The average molecular weight is 377 g/mol. The van der Waals surface area contributed by atoms with Crippen LogP contribution in [0.25, 0.3) is 0 Å². The fraction of sp³-hybridized carbons (Fsp3) is 0.700. The number of hydrogen-bond acceptors (Lipinski definition) is 4. The normalized spacial score (nSPS) is 29.2. The molecule has 6 heteroatoms. The molecule has 5 nitrogen and oxygen atoms in total. The number of rotatable bonds is 3. The highest BCUT2D eigenvalue weighted by Crippen LogP contribution is 2.37. The number of thiophene rings is 1. The number of nitrogens with zero attached hydrogens (tertiary/aromatic N) is 2. The zero-order valence-electron chi connectivity index (χ0n) is 15.6. The summed E-state index contributed by atoms with van der Waals surface area (Å²) in [6.45, 7) is 5.25. The van der Waals surface area contributed by atoms with Gasteiger partial charge < -0.3 is 14.5 Å². The summed E-state index contributed by atoms with van der Waals surface area (Å²) >= 11 is 1.54. The molecule has 2 amide bonds. The van der Waals surface area contributed by atoms with E-state index in [1.807, 2.05) is 23.3 Å². The zero-order chi connectivity index (χ0) is 18.3. The van der Waals surface area contributed by atoms with E-state index in [1.54, 1.807) is 6.92 Å². The molecular weight excluding hydrogens is 348 g/mol. The molecule has 3 aliphatic rings. The standard InChI is InChI=1S/C20H28N2O3S/c1-13-7-10-26-19(13)20(24)21-8-5-17(6-9-21)25-18-11-15-3-4-16(12-18)22(15)14(2)23/h7,10,15-18H,3-6,8-9,11-12H2,1-2H3/t15-,16+,18?. The largest absolute Gasteiger partial charge is 0.375 e. The monoisotopic (exact) mass is 376 g/mol. The van der Waals surface area contributed by atoms with Gasteiger partial charge in [-0.1, -0.05) is 0 Å². The number of amides is 2. The highest BCUT2D eigenvalue weighted by Gasteiger charge is 2.43. The van der Waals surface area contributed by atoms with Crippen LogP contribution in [0.3, 0.4) is 0 Å². The Morgan fingerprint density at radius 1 is 1.08 bits per heavy atom. The minimum Gasteiger partial charge on any atom is -0.375 e. The molecule has 3 fully saturated rings. The van der Waals surface area contributed by atoms with Crippen molar-refractivity contribution in [3.05, 3.63) is 21.9 Å². The van der Waals surface area contributed by atoms with E-state index in [-0.39, 0.29) is 24.0 Å². The Morgan fingerprint density at radius 2 is 1.73 bits per heavy atom. The molecular formula is C20H28N2O3S. The predicted molar refractivity (Wildman–Crippen MR) is 101 cm³/mol. The predicted octanol–water partition coefficient (Wildman–Crippen LogP) is 3.22. The lowest BCUT2D eigenvalue weighted by molar-refractivity contribution is -0.138. The first-order valence-electron chi connectivity index (χ1n) is 9.80. The second kappa shape index (κ2) is 7.31. The number of likely N-dealkylation sites (tertiary alicyclic amines) is 1. The van der Waals surface area contributed by atoms with E-state index in [0.717, 1.165) is 62.1 Å². The van der Waals surface area contributed by atoms with Crippen LogP contribution in [0, 0.1) is 6.92 Å². The van der Waals surface area contributed by atoms with Crippen LogP contribution in [-0.2, 0) is 9.53 Å².